The molecule has 0 spiro atoms. The van der Waals surface area contributed by atoms with Gasteiger partial charge in [-0.25, -0.2) is 23.6 Å². The standard InChI is InChI=1S/C14H14F2N4O/c1-10(7-12(16)8-11(2)15)13-3-4-18-20(13)14(21)19-6-5-17-9-19/h4-9,13H,1,3H2,2H3/b11-8+,12-7+/t13-/m0/s1. The maximum Gasteiger partial charge on any atom is 0.350 e. The molecule has 5 nitrogen and oxygen atoms in total. The molecular formula is C14H14F2N4O. The number of halogens is 2. The van der Waals surface area contributed by atoms with Crippen LogP contribution in [0.1, 0.15) is 13.3 Å². The third-order valence-electron chi connectivity index (χ3n) is 2.84. The van der Waals surface area contributed by atoms with Gasteiger partial charge in [0.05, 0.1) is 11.9 Å². The third kappa shape index (κ3) is 3.50. The fraction of sp³-hybridized carbons (Fsp3) is 0.214. The lowest BCUT2D eigenvalue weighted by molar-refractivity contribution is 0.195. The van der Waals surface area contributed by atoms with Crippen LogP contribution in [-0.4, -0.2) is 32.8 Å². The molecule has 1 atom stereocenters. The van der Waals surface area contributed by atoms with E-state index in [-0.39, 0.29) is 0 Å². The number of aromatic nitrogens is 2. The molecule has 0 saturated carbocycles. The fourth-order valence-corrected chi connectivity index (χ4v) is 1.90. The highest BCUT2D eigenvalue weighted by Gasteiger charge is 2.29. The van der Waals surface area contributed by atoms with Gasteiger partial charge >= 0.3 is 6.03 Å². The Balaban J connectivity index is 2.15. The van der Waals surface area contributed by atoms with E-state index < -0.39 is 23.7 Å². The highest BCUT2D eigenvalue weighted by Crippen LogP contribution is 2.22. The molecule has 0 aliphatic carbocycles. The first-order valence-corrected chi connectivity index (χ1v) is 6.23. The summed E-state index contributed by atoms with van der Waals surface area (Å²) in [4.78, 5) is 16.0. The summed E-state index contributed by atoms with van der Waals surface area (Å²) >= 11 is 0. The Kier molecular flexibility index (Phi) is 4.42. The number of hydrogen-bond donors (Lipinski definition) is 0. The average molecular weight is 292 g/mol. The van der Waals surface area contributed by atoms with E-state index in [4.69, 9.17) is 0 Å². The molecule has 0 N–H and O–H groups in total. The second kappa shape index (κ2) is 6.25. The van der Waals surface area contributed by atoms with Crippen molar-refractivity contribution in [2.45, 2.75) is 19.4 Å². The molecule has 2 heterocycles. The number of amides is 1. The summed E-state index contributed by atoms with van der Waals surface area (Å²) in [6.45, 7) is 4.87. The van der Waals surface area contributed by atoms with E-state index in [1.54, 1.807) is 6.21 Å². The summed E-state index contributed by atoms with van der Waals surface area (Å²) in [5.74, 6) is -1.41. The second-order valence-electron chi connectivity index (χ2n) is 4.48. The van der Waals surface area contributed by atoms with Crippen molar-refractivity contribution in [3.8, 4) is 0 Å². The van der Waals surface area contributed by atoms with Gasteiger partial charge in [-0.3, -0.25) is 4.57 Å². The van der Waals surface area contributed by atoms with E-state index in [0.717, 1.165) is 19.1 Å². The zero-order valence-corrected chi connectivity index (χ0v) is 11.4. The summed E-state index contributed by atoms with van der Waals surface area (Å²) < 4.78 is 27.4. The molecule has 0 aromatic carbocycles. The number of hydrazone groups is 1. The number of carbonyl (C=O) groups is 1. The van der Waals surface area contributed by atoms with E-state index in [2.05, 4.69) is 16.7 Å². The van der Waals surface area contributed by atoms with Crippen LogP contribution in [0, 0.1) is 0 Å². The predicted octanol–water partition coefficient (Wildman–Crippen LogP) is 3.19. The van der Waals surface area contributed by atoms with Crippen molar-refractivity contribution < 1.29 is 13.6 Å². The van der Waals surface area contributed by atoms with Gasteiger partial charge < -0.3 is 0 Å². The molecule has 1 aliphatic rings. The lowest BCUT2D eigenvalue weighted by Gasteiger charge is -2.22. The molecule has 1 aromatic rings. The summed E-state index contributed by atoms with van der Waals surface area (Å²) in [7, 11) is 0. The van der Waals surface area contributed by atoms with Crippen LogP contribution in [0.5, 0.6) is 0 Å². The lowest BCUT2D eigenvalue weighted by Crippen LogP contribution is -2.36. The maximum absolute atomic E-state index is 13.5. The molecule has 21 heavy (non-hydrogen) atoms. The van der Waals surface area contributed by atoms with E-state index >= 15 is 0 Å². The quantitative estimate of drug-likeness (QED) is 0.803. The van der Waals surface area contributed by atoms with Crippen molar-refractivity contribution in [2.75, 3.05) is 0 Å². The van der Waals surface area contributed by atoms with E-state index in [0.29, 0.717) is 12.0 Å². The first-order chi connectivity index (χ1) is 9.99. The molecule has 110 valence electrons. The molecule has 0 saturated heterocycles. The van der Waals surface area contributed by atoms with Crippen molar-refractivity contribution in [3.05, 3.63) is 54.7 Å². The Morgan fingerprint density at radius 1 is 1.43 bits per heavy atom. The number of hydrogen-bond acceptors (Lipinski definition) is 3. The van der Waals surface area contributed by atoms with Gasteiger partial charge in [0.1, 0.15) is 12.2 Å². The van der Waals surface area contributed by atoms with Crippen LogP contribution in [0.3, 0.4) is 0 Å². The highest BCUT2D eigenvalue weighted by atomic mass is 19.1. The summed E-state index contributed by atoms with van der Waals surface area (Å²) in [5, 5.41) is 5.16. The Bertz CT molecular complexity index is 627. The fourth-order valence-electron chi connectivity index (χ4n) is 1.90. The van der Waals surface area contributed by atoms with Gasteiger partial charge in [-0.05, 0) is 18.6 Å². The van der Waals surface area contributed by atoms with Crippen LogP contribution in [-0.2, 0) is 0 Å². The molecule has 7 heteroatoms. The van der Waals surface area contributed by atoms with Gasteiger partial charge in [0.15, 0.2) is 0 Å². The molecule has 0 unspecified atom stereocenters. The Morgan fingerprint density at radius 2 is 2.19 bits per heavy atom. The minimum Gasteiger partial charge on any atom is -0.257 e. The Labute approximate surface area is 120 Å². The van der Waals surface area contributed by atoms with E-state index in [1.807, 2.05) is 0 Å². The maximum atomic E-state index is 13.5. The average Bonchev–Trinajstić information content (AvgIpc) is 3.08. The minimum atomic E-state index is -0.762. The summed E-state index contributed by atoms with van der Waals surface area (Å²) in [5.41, 5.74) is 0.330. The van der Waals surface area contributed by atoms with Crippen molar-refractivity contribution in [3.63, 3.8) is 0 Å². The third-order valence-corrected chi connectivity index (χ3v) is 2.84. The number of allylic oxidation sites excluding steroid dienone is 3. The molecule has 0 bridgehead atoms. The summed E-state index contributed by atoms with van der Waals surface area (Å²) in [6.07, 6.45) is 8.12. The number of carbonyl (C=O) groups excluding carboxylic acids is 1. The zero-order chi connectivity index (χ0) is 15.4. The van der Waals surface area contributed by atoms with Crippen molar-refractivity contribution in [1.82, 2.24) is 14.6 Å². The van der Waals surface area contributed by atoms with Gasteiger partial charge in [-0.2, -0.15) is 5.10 Å². The van der Waals surface area contributed by atoms with E-state index in [1.165, 1.54) is 28.3 Å². The van der Waals surface area contributed by atoms with Crippen LogP contribution in [0.25, 0.3) is 0 Å². The molecule has 2 rings (SSSR count). The predicted molar refractivity (Wildman–Crippen MR) is 75.0 cm³/mol. The minimum absolute atomic E-state index is 0.330. The number of nitrogens with zero attached hydrogens (tertiary/aromatic N) is 4. The largest absolute Gasteiger partial charge is 0.350 e. The van der Waals surface area contributed by atoms with Crippen molar-refractivity contribution in [1.29, 1.82) is 0 Å². The second-order valence-corrected chi connectivity index (χ2v) is 4.48. The van der Waals surface area contributed by atoms with Crippen LogP contribution in [0.4, 0.5) is 13.6 Å². The lowest BCUT2D eigenvalue weighted by atomic mass is 10.1. The van der Waals surface area contributed by atoms with Gasteiger partial charge in [-0.15, -0.1) is 0 Å². The van der Waals surface area contributed by atoms with Gasteiger partial charge in [0.25, 0.3) is 0 Å². The number of rotatable bonds is 3. The van der Waals surface area contributed by atoms with Crippen molar-refractivity contribution >= 4 is 12.2 Å². The van der Waals surface area contributed by atoms with Crippen LogP contribution >= 0.6 is 0 Å². The smallest absolute Gasteiger partial charge is 0.257 e. The molecule has 1 aliphatic heterocycles. The molecule has 0 fully saturated rings. The van der Waals surface area contributed by atoms with E-state index in [9.17, 15) is 13.6 Å². The van der Waals surface area contributed by atoms with Gasteiger partial charge in [-0.1, -0.05) is 6.58 Å². The molecular weight excluding hydrogens is 278 g/mol. The monoisotopic (exact) mass is 292 g/mol. The first kappa shape index (κ1) is 14.8. The Hall–Kier alpha value is -2.57. The molecule has 0 radical (unpaired) electrons. The normalized spacial score (nSPS) is 19.2. The van der Waals surface area contributed by atoms with Gasteiger partial charge in [0, 0.05) is 31.1 Å². The van der Waals surface area contributed by atoms with Gasteiger partial charge in [0.2, 0.25) is 0 Å². The zero-order valence-electron chi connectivity index (χ0n) is 11.4. The molecule has 1 aromatic heterocycles. The highest BCUT2D eigenvalue weighted by molar-refractivity contribution is 5.80. The number of imidazole rings is 1. The van der Waals surface area contributed by atoms with Crippen molar-refractivity contribution in [2.24, 2.45) is 5.10 Å². The summed E-state index contributed by atoms with van der Waals surface area (Å²) in [6, 6.07) is -0.919. The SMILES string of the molecule is C=C(/C=C(F)\C=C(/C)F)[C@@H]1CC=NN1C(=O)n1ccnc1. The first-order valence-electron chi connectivity index (χ1n) is 6.23. The molecule has 1 amide bonds. The van der Waals surface area contributed by atoms with Crippen LogP contribution < -0.4 is 0 Å². The van der Waals surface area contributed by atoms with Crippen LogP contribution in [0.15, 0.2) is 59.8 Å². The van der Waals surface area contributed by atoms with Crippen LogP contribution in [0.2, 0.25) is 0 Å². The topological polar surface area (TPSA) is 50.5 Å². The Morgan fingerprint density at radius 3 is 2.81 bits per heavy atom.